The fourth-order valence-electron chi connectivity index (χ4n) is 2.66. The summed E-state index contributed by atoms with van der Waals surface area (Å²) < 4.78 is 19.0. The molecule has 1 aliphatic heterocycles. The fourth-order valence-corrected chi connectivity index (χ4v) is 2.79. The van der Waals surface area contributed by atoms with Gasteiger partial charge in [0.05, 0.1) is 6.54 Å². The molecule has 2 amide bonds. The highest BCUT2D eigenvalue weighted by molar-refractivity contribution is 6.30. The summed E-state index contributed by atoms with van der Waals surface area (Å²) in [5.74, 6) is -0.743. The maximum Gasteiger partial charge on any atom is 0.243 e. The molecule has 0 radical (unpaired) electrons. The second-order valence-electron chi connectivity index (χ2n) is 5.95. The number of anilines is 1. The number of hydrogen-bond acceptors (Lipinski definition) is 4. The van der Waals surface area contributed by atoms with Crippen LogP contribution >= 0.6 is 11.6 Å². The first kappa shape index (κ1) is 18.8. The van der Waals surface area contributed by atoms with Gasteiger partial charge in [0, 0.05) is 30.1 Å². The van der Waals surface area contributed by atoms with Crippen LogP contribution in [0.5, 0.6) is 0 Å². The summed E-state index contributed by atoms with van der Waals surface area (Å²) >= 11 is 5.89. The Labute approximate surface area is 160 Å². The van der Waals surface area contributed by atoms with Crippen molar-refractivity contribution in [3.63, 3.8) is 0 Å². The number of amides is 2. The van der Waals surface area contributed by atoms with Crippen molar-refractivity contribution in [2.45, 2.75) is 20.1 Å². The summed E-state index contributed by atoms with van der Waals surface area (Å²) in [7, 11) is 0. The Morgan fingerprint density at radius 3 is 2.33 bits per heavy atom. The minimum absolute atomic E-state index is 0.0428. The Bertz CT molecular complexity index is 884. The summed E-state index contributed by atoms with van der Waals surface area (Å²) in [6.07, 6.45) is -0.804. The van der Waals surface area contributed by atoms with Crippen molar-refractivity contribution in [2.75, 3.05) is 11.4 Å². The molecule has 0 aliphatic carbocycles. The molecule has 0 N–H and O–H groups in total. The van der Waals surface area contributed by atoms with Crippen LogP contribution in [0.15, 0.2) is 53.6 Å². The number of halogens is 2. The number of rotatable bonds is 4. The highest BCUT2D eigenvalue weighted by Crippen LogP contribution is 2.23. The first-order valence-electron chi connectivity index (χ1n) is 8.20. The zero-order chi connectivity index (χ0) is 19.6. The van der Waals surface area contributed by atoms with Gasteiger partial charge < -0.3 is 9.64 Å². The van der Waals surface area contributed by atoms with Gasteiger partial charge in [-0.1, -0.05) is 11.6 Å². The number of carbonyl (C=O) groups excluding carboxylic acids is 2. The van der Waals surface area contributed by atoms with E-state index >= 15 is 0 Å². The molecule has 0 aromatic heterocycles. The molecule has 0 saturated heterocycles. The number of nitrogens with zero attached hydrogens (tertiary/aromatic N) is 3. The van der Waals surface area contributed by atoms with Crippen molar-refractivity contribution in [3.05, 3.63) is 64.9 Å². The van der Waals surface area contributed by atoms with Crippen LogP contribution in [-0.2, 0) is 14.3 Å². The number of hydrogen-bond donors (Lipinski definition) is 0. The predicted octanol–water partition coefficient (Wildman–Crippen LogP) is 3.40. The van der Waals surface area contributed by atoms with Crippen LogP contribution in [0.1, 0.15) is 19.4 Å². The SMILES string of the molecule is CC(=O)N(CC1OC(c2ccc(Cl)cc2)=NN1C(C)=O)c1ccc(F)cc1. The van der Waals surface area contributed by atoms with Crippen LogP contribution in [0, 0.1) is 5.82 Å². The molecule has 140 valence electrons. The maximum absolute atomic E-state index is 13.2. The van der Waals surface area contributed by atoms with Crippen LogP contribution < -0.4 is 4.90 Å². The molecule has 1 heterocycles. The van der Waals surface area contributed by atoms with E-state index in [9.17, 15) is 14.0 Å². The van der Waals surface area contributed by atoms with Crippen LogP contribution in [0.4, 0.5) is 10.1 Å². The van der Waals surface area contributed by atoms with Crippen molar-refractivity contribution in [3.8, 4) is 0 Å². The van der Waals surface area contributed by atoms with E-state index in [1.165, 1.54) is 48.0 Å². The smallest absolute Gasteiger partial charge is 0.243 e. The number of carbonyl (C=O) groups is 2. The largest absolute Gasteiger partial charge is 0.448 e. The van der Waals surface area contributed by atoms with E-state index in [0.717, 1.165) is 0 Å². The van der Waals surface area contributed by atoms with Crippen molar-refractivity contribution >= 4 is 35.0 Å². The predicted molar refractivity (Wildman–Crippen MR) is 99.8 cm³/mol. The van der Waals surface area contributed by atoms with Gasteiger partial charge in [0.15, 0.2) is 0 Å². The molecule has 0 bridgehead atoms. The lowest BCUT2D eigenvalue weighted by Gasteiger charge is -2.27. The lowest BCUT2D eigenvalue weighted by atomic mass is 10.2. The van der Waals surface area contributed by atoms with E-state index in [0.29, 0.717) is 16.3 Å². The average Bonchev–Trinajstić information content (AvgIpc) is 3.05. The van der Waals surface area contributed by atoms with Crippen LogP contribution in [0.25, 0.3) is 0 Å². The average molecular weight is 390 g/mol. The van der Waals surface area contributed by atoms with Gasteiger partial charge in [-0.15, -0.1) is 5.10 Å². The first-order valence-corrected chi connectivity index (χ1v) is 8.57. The Morgan fingerprint density at radius 1 is 1.15 bits per heavy atom. The first-order chi connectivity index (χ1) is 12.8. The van der Waals surface area contributed by atoms with Gasteiger partial charge in [-0.25, -0.2) is 4.39 Å². The third kappa shape index (κ3) is 4.25. The summed E-state index contributed by atoms with van der Waals surface area (Å²) in [5, 5.41) is 5.98. The zero-order valence-corrected chi connectivity index (χ0v) is 15.5. The van der Waals surface area contributed by atoms with Gasteiger partial charge >= 0.3 is 0 Å². The van der Waals surface area contributed by atoms with Crippen molar-refractivity contribution in [1.82, 2.24) is 5.01 Å². The molecule has 27 heavy (non-hydrogen) atoms. The molecule has 0 fully saturated rings. The molecular formula is C19H17ClFN3O3. The van der Waals surface area contributed by atoms with Gasteiger partial charge in [0.2, 0.25) is 23.9 Å². The van der Waals surface area contributed by atoms with Crippen LogP contribution in [0.2, 0.25) is 5.02 Å². The monoisotopic (exact) mass is 389 g/mol. The van der Waals surface area contributed by atoms with Gasteiger partial charge in [0.25, 0.3) is 0 Å². The normalized spacial score (nSPS) is 15.9. The molecule has 0 saturated carbocycles. The lowest BCUT2D eigenvalue weighted by Crippen LogP contribution is -2.44. The highest BCUT2D eigenvalue weighted by Gasteiger charge is 2.34. The van der Waals surface area contributed by atoms with Crippen molar-refractivity contribution < 1.29 is 18.7 Å². The molecule has 6 nitrogen and oxygen atoms in total. The zero-order valence-electron chi connectivity index (χ0n) is 14.7. The minimum Gasteiger partial charge on any atom is -0.448 e. The second-order valence-corrected chi connectivity index (χ2v) is 6.39. The van der Waals surface area contributed by atoms with E-state index in [1.54, 1.807) is 24.3 Å². The van der Waals surface area contributed by atoms with Gasteiger partial charge in [-0.2, -0.15) is 5.01 Å². The molecule has 2 aromatic rings. The van der Waals surface area contributed by atoms with E-state index < -0.39 is 12.0 Å². The Kier molecular flexibility index (Phi) is 5.41. The fraction of sp³-hybridized carbons (Fsp3) is 0.211. The third-order valence-electron chi connectivity index (χ3n) is 3.99. The molecule has 8 heteroatoms. The molecular weight excluding hydrogens is 373 g/mol. The molecule has 1 atom stereocenters. The summed E-state index contributed by atoms with van der Waals surface area (Å²) in [6.45, 7) is 2.79. The second kappa shape index (κ2) is 7.75. The summed E-state index contributed by atoms with van der Waals surface area (Å²) in [5.41, 5.74) is 1.15. The Balaban J connectivity index is 1.84. The molecule has 3 rings (SSSR count). The maximum atomic E-state index is 13.2. The molecule has 2 aromatic carbocycles. The number of hydrazone groups is 1. The van der Waals surface area contributed by atoms with Gasteiger partial charge in [-0.05, 0) is 48.5 Å². The van der Waals surface area contributed by atoms with Gasteiger partial charge in [-0.3, -0.25) is 9.59 Å². The summed E-state index contributed by atoms with van der Waals surface area (Å²) in [4.78, 5) is 25.5. The highest BCUT2D eigenvalue weighted by atomic mass is 35.5. The number of ether oxygens (including phenoxy) is 1. The number of benzene rings is 2. The van der Waals surface area contributed by atoms with E-state index in [4.69, 9.17) is 16.3 Å². The lowest BCUT2D eigenvalue weighted by molar-refractivity contribution is -0.135. The van der Waals surface area contributed by atoms with E-state index in [2.05, 4.69) is 5.10 Å². The van der Waals surface area contributed by atoms with E-state index in [1.807, 2.05) is 0 Å². The van der Waals surface area contributed by atoms with Crippen LogP contribution in [-0.4, -0.2) is 35.5 Å². The van der Waals surface area contributed by atoms with Crippen molar-refractivity contribution in [2.24, 2.45) is 5.10 Å². The third-order valence-corrected chi connectivity index (χ3v) is 4.24. The van der Waals surface area contributed by atoms with Crippen LogP contribution in [0.3, 0.4) is 0 Å². The quantitative estimate of drug-likeness (QED) is 0.805. The Morgan fingerprint density at radius 2 is 1.78 bits per heavy atom. The minimum atomic E-state index is -0.804. The molecule has 0 spiro atoms. The van der Waals surface area contributed by atoms with E-state index in [-0.39, 0.29) is 24.3 Å². The standard InChI is InChI=1S/C19H17ClFN3O3/c1-12(25)23(17-9-7-16(21)8-10-17)11-18-24(13(2)26)22-19(27-18)14-3-5-15(20)6-4-14/h3-10,18H,11H2,1-2H3. The Hall–Kier alpha value is -2.93. The topological polar surface area (TPSA) is 62.2 Å². The molecule has 1 aliphatic rings. The van der Waals surface area contributed by atoms with Crippen molar-refractivity contribution in [1.29, 1.82) is 0 Å². The molecule has 1 unspecified atom stereocenters. The van der Waals surface area contributed by atoms with Gasteiger partial charge in [0.1, 0.15) is 5.82 Å². The summed E-state index contributed by atoms with van der Waals surface area (Å²) in [6, 6.07) is 12.3.